The zero-order valence-electron chi connectivity index (χ0n) is 17.2. The summed E-state index contributed by atoms with van der Waals surface area (Å²) in [6.07, 6.45) is 4.33. The van der Waals surface area contributed by atoms with Crippen LogP contribution in [0.25, 0.3) is 0 Å². The van der Waals surface area contributed by atoms with Crippen molar-refractivity contribution in [1.82, 2.24) is 10.6 Å². The molecule has 0 bridgehead atoms. The van der Waals surface area contributed by atoms with Crippen molar-refractivity contribution in [2.75, 3.05) is 0 Å². The predicted molar refractivity (Wildman–Crippen MR) is 109 cm³/mol. The minimum absolute atomic E-state index is 0.0741. The molecule has 29 heavy (non-hydrogen) atoms. The van der Waals surface area contributed by atoms with E-state index >= 15 is 0 Å². The van der Waals surface area contributed by atoms with Crippen LogP contribution in [0.5, 0.6) is 0 Å². The molecule has 0 spiro atoms. The highest BCUT2D eigenvalue weighted by Gasteiger charge is 2.33. The lowest BCUT2D eigenvalue weighted by molar-refractivity contribution is -0.144. The van der Waals surface area contributed by atoms with Crippen molar-refractivity contribution < 1.29 is 24.2 Å². The molecule has 3 N–H and O–H groups in total. The number of nitrogens with one attached hydrogen (secondary N) is 2. The summed E-state index contributed by atoms with van der Waals surface area (Å²) in [5.74, 6) is -1.44. The molecule has 0 aliphatic heterocycles. The number of carbonyl (C=O) groups excluding carboxylic acids is 2. The topological polar surface area (TPSA) is 105 Å². The fraction of sp³-hybridized carbons (Fsp3) is 0.591. The molecule has 1 aliphatic carbocycles. The lowest BCUT2D eigenvalue weighted by Gasteiger charge is -2.29. The Morgan fingerprint density at radius 2 is 1.72 bits per heavy atom. The average molecular weight is 405 g/mol. The number of rotatable bonds is 9. The van der Waals surface area contributed by atoms with Crippen LogP contribution in [0.15, 0.2) is 30.3 Å². The third kappa shape index (κ3) is 7.75. The van der Waals surface area contributed by atoms with Crippen LogP contribution in [0.4, 0.5) is 4.79 Å². The molecule has 1 aromatic carbocycles. The van der Waals surface area contributed by atoms with E-state index in [-0.39, 0.29) is 18.4 Å². The quantitative estimate of drug-likeness (QED) is 0.584. The molecule has 2 rings (SSSR count). The van der Waals surface area contributed by atoms with Gasteiger partial charge in [-0.3, -0.25) is 4.79 Å². The fourth-order valence-electron chi connectivity index (χ4n) is 3.71. The molecule has 2 amide bonds. The van der Waals surface area contributed by atoms with E-state index in [1.807, 2.05) is 44.2 Å². The summed E-state index contributed by atoms with van der Waals surface area (Å²) in [6, 6.07) is 7.48. The molecular weight excluding hydrogens is 372 g/mol. The van der Waals surface area contributed by atoms with Crippen LogP contribution in [-0.2, 0) is 20.9 Å². The number of aliphatic carboxylic acids is 1. The zero-order chi connectivity index (χ0) is 21.2. The third-order valence-electron chi connectivity index (χ3n) is 5.21. The Balaban J connectivity index is 1.96. The first-order chi connectivity index (χ1) is 13.9. The molecule has 1 aromatic rings. The van der Waals surface area contributed by atoms with Crippen molar-refractivity contribution in [2.45, 2.75) is 71.1 Å². The van der Waals surface area contributed by atoms with E-state index in [0.29, 0.717) is 6.42 Å². The van der Waals surface area contributed by atoms with Gasteiger partial charge in [-0.05, 0) is 36.7 Å². The Morgan fingerprint density at radius 3 is 2.31 bits per heavy atom. The number of benzene rings is 1. The van der Waals surface area contributed by atoms with E-state index < -0.39 is 30.1 Å². The van der Waals surface area contributed by atoms with Crippen molar-refractivity contribution in [2.24, 2.45) is 11.8 Å². The number of ether oxygens (including phenoxy) is 1. The molecule has 1 saturated carbocycles. The normalized spacial score (nSPS) is 16.7. The van der Waals surface area contributed by atoms with E-state index in [0.717, 1.165) is 37.7 Å². The summed E-state index contributed by atoms with van der Waals surface area (Å²) in [6.45, 7) is 3.97. The van der Waals surface area contributed by atoms with Crippen molar-refractivity contribution in [3.63, 3.8) is 0 Å². The molecule has 2 atom stereocenters. The van der Waals surface area contributed by atoms with Gasteiger partial charge in [0.25, 0.3) is 0 Å². The summed E-state index contributed by atoms with van der Waals surface area (Å²) in [5, 5.41) is 14.9. The van der Waals surface area contributed by atoms with Crippen molar-refractivity contribution in [3.8, 4) is 0 Å². The smallest absolute Gasteiger partial charge is 0.408 e. The minimum atomic E-state index is -1.03. The van der Waals surface area contributed by atoms with E-state index in [1.54, 1.807) is 0 Å². The van der Waals surface area contributed by atoms with Gasteiger partial charge in [-0.2, -0.15) is 0 Å². The minimum Gasteiger partial charge on any atom is -0.480 e. The first kappa shape index (κ1) is 22.7. The standard InChI is InChI=1S/C22H32N2O5/c1-15(2)13-18(23-22(28)29-14-16-9-5-3-6-10-16)20(25)24-19(21(26)27)17-11-7-4-8-12-17/h3,5-6,9-10,15,17-19H,4,7-8,11-14H2,1-2H3,(H,23,28)(H,24,25)(H,26,27)/t18-,19-/m0/s1. The number of carboxylic acid groups (broad SMARTS) is 1. The molecule has 0 heterocycles. The van der Waals surface area contributed by atoms with E-state index in [1.165, 1.54) is 0 Å². The number of alkyl carbamates (subject to hydrolysis) is 1. The van der Waals surface area contributed by atoms with Gasteiger partial charge in [0.15, 0.2) is 0 Å². The van der Waals surface area contributed by atoms with Crippen molar-refractivity contribution in [1.29, 1.82) is 0 Å². The van der Waals surface area contributed by atoms with Gasteiger partial charge in [-0.25, -0.2) is 9.59 Å². The summed E-state index contributed by atoms with van der Waals surface area (Å²) < 4.78 is 5.21. The lowest BCUT2D eigenvalue weighted by atomic mass is 9.83. The Hall–Kier alpha value is -2.57. The fourth-order valence-corrected chi connectivity index (χ4v) is 3.71. The molecule has 0 unspecified atom stereocenters. The number of carbonyl (C=O) groups is 3. The first-order valence-corrected chi connectivity index (χ1v) is 10.4. The van der Waals surface area contributed by atoms with Gasteiger partial charge in [0.1, 0.15) is 18.7 Å². The Labute approximate surface area is 172 Å². The number of hydrogen-bond donors (Lipinski definition) is 3. The molecule has 7 heteroatoms. The summed E-state index contributed by atoms with van der Waals surface area (Å²) in [7, 11) is 0. The molecule has 7 nitrogen and oxygen atoms in total. The Morgan fingerprint density at radius 1 is 1.07 bits per heavy atom. The maximum atomic E-state index is 12.8. The summed E-state index contributed by atoms with van der Waals surface area (Å²) in [5.41, 5.74) is 0.843. The Kier molecular flexibility index (Phi) is 8.96. The predicted octanol–water partition coefficient (Wildman–Crippen LogP) is 3.48. The van der Waals surface area contributed by atoms with Gasteiger partial charge in [0.05, 0.1) is 0 Å². The van der Waals surface area contributed by atoms with Crippen molar-refractivity contribution >= 4 is 18.0 Å². The number of carboxylic acids is 1. The second-order valence-corrected chi connectivity index (χ2v) is 8.11. The van der Waals surface area contributed by atoms with Crippen LogP contribution in [0.3, 0.4) is 0 Å². The highest BCUT2D eigenvalue weighted by molar-refractivity contribution is 5.89. The highest BCUT2D eigenvalue weighted by atomic mass is 16.5. The van der Waals surface area contributed by atoms with E-state index in [4.69, 9.17) is 4.74 Å². The first-order valence-electron chi connectivity index (χ1n) is 10.4. The molecule has 0 aromatic heterocycles. The van der Waals surface area contributed by atoms with Crippen LogP contribution < -0.4 is 10.6 Å². The SMILES string of the molecule is CC(C)C[C@H](NC(=O)OCc1ccccc1)C(=O)N[C@H](C(=O)O)C1CCCCC1. The second-order valence-electron chi connectivity index (χ2n) is 8.11. The van der Waals surface area contributed by atoms with Crippen LogP contribution in [0, 0.1) is 11.8 Å². The van der Waals surface area contributed by atoms with Gasteiger partial charge in [0.2, 0.25) is 5.91 Å². The lowest BCUT2D eigenvalue weighted by Crippen LogP contribution is -2.54. The maximum absolute atomic E-state index is 12.8. The zero-order valence-corrected chi connectivity index (χ0v) is 17.2. The van der Waals surface area contributed by atoms with Gasteiger partial charge in [-0.15, -0.1) is 0 Å². The largest absolute Gasteiger partial charge is 0.480 e. The number of hydrogen-bond acceptors (Lipinski definition) is 4. The second kappa shape index (κ2) is 11.4. The van der Waals surface area contributed by atoms with Gasteiger partial charge in [0, 0.05) is 0 Å². The number of amides is 2. The van der Waals surface area contributed by atoms with Gasteiger partial charge < -0.3 is 20.5 Å². The molecular formula is C22H32N2O5. The van der Waals surface area contributed by atoms with E-state index in [2.05, 4.69) is 10.6 Å². The molecule has 160 valence electrons. The monoisotopic (exact) mass is 404 g/mol. The highest BCUT2D eigenvalue weighted by Crippen LogP contribution is 2.26. The average Bonchev–Trinajstić information content (AvgIpc) is 2.70. The van der Waals surface area contributed by atoms with E-state index in [9.17, 15) is 19.5 Å². The van der Waals surface area contributed by atoms with Crippen LogP contribution in [0.2, 0.25) is 0 Å². The molecule has 0 radical (unpaired) electrons. The van der Waals surface area contributed by atoms with Crippen LogP contribution >= 0.6 is 0 Å². The summed E-state index contributed by atoms with van der Waals surface area (Å²) in [4.78, 5) is 36.7. The molecule has 1 fully saturated rings. The van der Waals surface area contributed by atoms with Gasteiger partial charge >= 0.3 is 12.1 Å². The van der Waals surface area contributed by atoms with Crippen LogP contribution in [0.1, 0.15) is 57.9 Å². The molecule has 1 aliphatic rings. The summed E-state index contributed by atoms with van der Waals surface area (Å²) >= 11 is 0. The van der Waals surface area contributed by atoms with Crippen LogP contribution in [-0.4, -0.2) is 35.2 Å². The Bertz CT molecular complexity index is 671. The van der Waals surface area contributed by atoms with Crippen molar-refractivity contribution in [3.05, 3.63) is 35.9 Å². The van der Waals surface area contributed by atoms with Gasteiger partial charge in [-0.1, -0.05) is 63.4 Å². The molecule has 0 saturated heterocycles. The third-order valence-corrected chi connectivity index (χ3v) is 5.21. The maximum Gasteiger partial charge on any atom is 0.408 e.